The van der Waals surface area contributed by atoms with Gasteiger partial charge in [0.2, 0.25) is 0 Å². The van der Waals surface area contributed by atoms with Gasteiger partial charge in [0.05, 0.1) is 30.1 Å². The molecule has 0 fully saturated rings. The predicted molar refractivity (Wildman–Crippen MR) is 81.8 cm³/mol. The maximum atomic E-state index is 10.3. The van der Waals surface area contributed by atoms with Gasteiger partial charge < -0.3 is 24.9 Å². The Labute approximate surface area is 124 Å². The fourth-order valence-corrected chi connectivity index (χ4v) is 2.89. The van der Waals surface area contributed by atoms with Crippen LogP contribution in [0.5, 0.6) is 0 Å². The normalized spacial score (nSPS) is 21.3. The van der Waals surface area contributed by atoms with Gasteiger partial charge in [-0.25, -0.2) is 4.98 Å². The monoisotopic (exact) mass is 290 g/mol. The number of nitrogens with one attached hydrogen (secondary N) is 2. The molecule has 2 aromatic heterocycles. The highest BCUT2D eigenvalue weighted by molar-refractivity contribution is 5.74. The second-order valence-electron chi connectivity index (χ2n) is 5.50. The predicted octanol–water partition coefficient (Wildman–Crippen LogP) is 1.01. The molecule has 1 aliphatic rings. The van der Waals surface area contributed by atoms with Crippen molar-refractivity contribution in [2.24, 2.45) is 0 Å². The third kappa shape index (κ3) is 2.39. The zero-order valence-corrected chi connectivity index (χ0v) is 12.7. The summed E-state index contributed by atoms with van der Waals surface area (Å²) in [5.74, 6) is 0. The number of pyridine rings is 1. The minimum atomic E-state index is -0.464. The Kier molecular flexibility index (Phi) is 3.84. The molecule has 2 aromatic rings. The summed E-state index contributed by atoms with van der Waals surface area (Å²) in [7, 11) is 1.67. The molecule has 21 heavy (non-hydrogen) atoms. The zero-order chi connectivity index (χ0) is 15.0. The van der Waals surface area contributed by atoms with Crippen molar-refractivity contribution in [1.82, 2.24) is 14.7 Å². The Morgan fingerprint density at radius 3 is 3.10 bits per heavy atom. The number of nitrogens with zero attached hydrogens (tertiary/aromatic N) is 2. The van der Waals surface area contributed by atoms with Crippen LogP contribution in [0.25, 0.3) is 5.65 Å². The number of hydrogen-bond donors (Lipinski definition) is 3. The van der Waals surface area contributed by atoms with Crippen LogP contribution in [0.3, 0.4) is 0 Å². The van der Waals surface area contributed by atoms with Crippen molar-refractivity contribution >= 4 is 11.3 Å². The molecule has 0 aliphatic carbocycles. The summed E-state index contributed by atoms with van der Waals surface area (Å²) in [6, 6.07) is 1.95. The lowest BCUT2D eigenvalue weighted by Crippen LogP contribution is -2.41. The maximum Gasteiger partial charge on any atom is 0.161 e. The highest BCUT2D eigenvalue weighted by Crippen LogP contribution is 2.33. The molecule has 3 heterocycles. The fourth-order valence-electron chi connectivity index (χ4n) is 2.89. The molecule has 6 heteroatoms. The summed E-state index contributed by atoms with van der Waals surface area (Å²) in [4.78, 5) is 4.65. The van der Waals surface area contributed by atoms with E-state index in [1.165, 1.54) is 0 Å². The molecule has 0 amide bonds. The second-order valence-corrected chi connectivity index (χ2v) is 5.50. The van der Waals surface area contributed by atoms with E-state index in [1.54, 1.807) is 7.11 Å². The molecule has 3 N–H and O–H groups in total. The van der Waals surface area contributed by atoms with E-state index in [0.29, 0.717) is 19.7 Å². The van der Waals surface area contributed by atoms with Gasteiger partial charge in [-0.15, -0.1) is 0 Å². The second kappa shape index (κ2) is 5.63. The Balaban J connectivity index is 2.01. The number of ether oxygens (including phenoxy) is 1. The van der Waals surface area contributed by atoms with Gasteiger partial charge in [-0.1, -0.05) is 0 Å². The summed E-state index contributed by atoms with van der Waals surface area (Å²) in [6.45, 7) is 5.92. The number of anilines is 1. The smallest absolute Gasteiger partial charge is 0.161 e. The molecule has 0 saturated carbocycles. The molecular formula is C15H22N4O2. The summed E-state index contributed by atoms with van der Waals surface area (Å²) < 4.78 is 7.16. The standard InChI is InChI=1S/C15H22N4O2/c1-9-10(2)19-6-4-11-13(16-5-7-21-3)12(20)8-17-14(11)15(19)18-9/h4,6,12-13,16-17,20H,5,7-8H2,1-3H3/t12-,13+/m0/s1. The van der Waals surface area contributed by atoms with Crippen LogP contribution >= 0.6 is 0 Å². The van der Waals surface area contributed by atoms with E-state index in [9.17, 15) is 5.11 Å². The highest BCUT2D eigenvalue weighted by atomic mass is 16.5. The number of β-amino-alcohol motifs (C(OH)–C–C–N with tert-alkyl or cyclic N) is 1. The van der Waals surface area contributed by atoms with Crippen LogP contribution in [-0.2, 0) is 4.74 Å². The molecule has 0 bridgehead atoms. The van der Waals surface area contributed by atoms with Crippen LogP contribution in [0.15, 0.2) is 12.3 Å². The summed E-state index contributed by atoms with van der Waals surface area (Å²) in [6.07, 6.45) is 1.56. The number of hydrogen-bond acceptors (Lipinski definition) is 5. The van der Waals surface area contributed by atoms with Gasteiger partial charge in [0, 0.05) is 37.7 Å². The van der Waals surface area contributed by atoms with E-state index in [1.807, 2.05) is 13.1 Å². The zero-order valence-electron chi connectivity index (χ0n) is 12.7. The molecule has 6 nitrogen and oxygen atoms in total. The minimum Gasteiger partial charge on any atom is -0.389 e. The molecule has 3 rings (SSSR count). The third-order valence-electron chi connectivity index (χ3n) is 4.18. The number of imidazole rings is 1. The molecule has 0 spiro atoms. The van der Waals surface area contributed by atoms with E-state index in [0.717, 1.165) is 28.3 Å². The van der Waals surface area contributed by atoms with E-state index < -0.39 is 6.10 Å². The number of aromatic nitrogens is 2. The Morgan fingerprint density at radius 1 is 1.52 bits per heavy atom. The van der Waals surface area contributed by atoms with Crippen LogP contribution in [0.4, 0.5) is 5.69 Å². The number of aliphatic hydroxyl groups excluding tert-OH is 1. The van der Waals surface area contributed by atoms with Crippen molar-refractivity contribution < 1.29 is 9.84 Å². The number of fused-ring (bicyclic) bond motifs is 3. The molecule has 1 aliphatic heterocycles. The average Bonchev–Trinajstić information content (AvgIpc) is 2.77. The summed E-state index contributed by atoms with van der Waals surface area (Å²) in [5.41, 5.74) is 5.16. The van der Waals surface area contributed by atoms with Gasteiger partial charge in [0.25, 0.3) is 0 Å². The van der Waals surface area contributed by atoms with Crippen molar-refractivity contribution in [2.45, 2.75) is 26.0 Å². The fraction of sp³-hybridized carbons (Fsp3) is 0.533. The van der Waals surface area contributed by atoms with E-state index in [2.05, 4.69) is 33.0 Å². The molecule has 0 aromatic carbocycles. The van der Waals surface area contributed by atoms with Crippen molar-refractivity contribution in [1.29, 1.82) is 0 Å². The average molecular weight is 290 g/mol. The number of rotatable bonds is 4. The van der Waals surface area contributed by atoms with Crippen LogP contribution in [0, 0.1) is 13.8 Å². The molecule has 0 saturated heterocycles. The minimum absolute atomic E-state index is 0.0984. The quantitative estimate of drug-likeness (QED) is 0.733. The Bertz CT molecular complexity index is 653. The Morgan fingerprint density at radius 2 is 2.33 bits per heavy atom. The summed E-state index contributed by atoms with van der Waals surface area (Å²) in [5, 5.41) is 16.9. The lowest BCUT2D eigenvalue weighted by atomic mass is 9.96. The van der Waals surface area contributed by atoms with Crippen LogP contribution in [-0.4, -0.2) is 47.4 Å². The van der Waals surface area contributed by atoms with Gasteiger partial charge in [-0.3, -0.25) is 0 Å². The molecule has 114 valence electrons. The Hall–Kier alpha value is -1.63. The number of aliphatic hydroxyl groups is 1. The van der Waals surface area contributed by atoms with Gasteiger partial charge in [0.15, 0.2) is 5.65 Å². The van der Waals surface area contributed by atoms with Gasteiger partial charge in [-0.05, 0) is 19.9 Å². The van der Waals surface area contributed by atoms with E-state index in [4.69, 9.17) is 4.74 Å². The SMILES string of the molecule is COCCN[C@@H]1c2ccn3c(C)c(C)nc3c2NC[C@@H]1O. The van der Waals surface area contributed by atoms with Crippen LogP contribution in [0.1, 0.15) is 23.0 Å². The topological polar surface area (TPSA) is 70.8 Å². The van der Waals surface area contributed by atoms with Crippen LogP contribution in [0.2, 0.25) is 0 Å². The maximum absolute atomic E-state index is 10.3. The number of aryl methyl sites for hydroxylation is 2. The van der Waals surface area contributed by atoms with Crippen molar-refractivity contribution in [3.63, 3.8) is 0 Å². The molecular weight excluding hydrogens is 268 g/mol. The first-order valence-electron chi connectivity index (χ1n) is 7.26. The van der Waals surface area contributed by atoms with Crippen molar-refractivity contribution in [2.75, 3.05) is 32.1 Å². The molecule has 0 unspecified atom stereocenters. The van der Waals surface area contributed by atoms with Gasteiger partial charge >= 0.3 is 0 Å². The van der Waals surface area contributed by atoms with Crippen LogP contribution < -0.4 is 10.6 Å². The van der Waals surface area contributed by atoms with E-state index >= 15 is 0 Å². The summed E-state index contributed by atoms with van der Waals surface area (Å²) >= 11 is 0. The largest absolute Gasteiger partial charge is 0.389 e. The molecule has 2 atom stereocenters. The van der Waals surface area contributed by atoms with Crippen molar-refractivity contribution in [3.8, 4) is 0 Å². The van der Waals surface area contributed by atoms with Gasteiger partial charge in [0.1, 0.15) is 0 Å². The van der Waals surface area contributed by atoms with E-state index in [-0.39, 0.29) is 6.04 Å². The highest BCUT2D eigenvalue weighted by Gasteiger charge is 2.29. The lowest BCUT2D eigenvalue weighted by Gasteiger charge is -2.32. The molecule has 0 radical (unpaired) electrons. The lowest BCUT2D eigenvalue weighted by molar-refractivity contribution is 0.125. The van der Waals surface area contributed by atoms with Crippen molar-refractivity contribution in [3.05, 3.63) is 29.2 Å². The first-order valence-corrected chi connectivity index (χ1v) is 7.26. The first kappa shape index (κ1) is 14.3. The van der Waals surface area contributed by atoms with Gasteiger partial charge in [-0.2, -0.15) is 0 Å². The third-order valence-corrected chi connectivity index (χ3v) is 4.18. The number of methoxy groups -OCH3 is 1. The first-order chi connectivity index (χ1) is 10.1.